The Bertz CT molecular complexity index is 1630. The highest BCUT2D eigenvalue weighted by molar-refractivity contribution is 7.21. The van der Waals surface area contributed by atoms with Gasteiger partial charge in [-0.1, -0.05) is 13.8 Å². The van der Waals surface area contributed by atoms with E-state index in [1.54, 1.807) is 13.0 Å². The zero-order chi connectivity index (χ0) is 32.3. The number of hydrogen-bond donors (Lipinski definition) is 1. The van der Waals surface area contributed by atoms with Crippen molar-refractivity contribution in [2.45, 2.75) is 33.6 Å². The van der Waals surface area contributed by atoms with E-state index >= 15 is 8.78 Å². The van der Waals surface area contributed by atoms with Crippen molar-refractivity contribution in [1.82, 2.24) is 0 Å². The van der Waals surface area contributed by atoms with E-state index in [0.29, 0.717) is 14.3 Å². The van der Waals surface area contributed by atoms with Gasteiger partial charge in [-0.05, 0) is 19.1 Å². The summed E-state index contributed by atoms with van der Waals surface area (Å²) in [6.45, 7) is 4.06. The Hall–Kier alpha value is -4.10. The largest absolute Gasteiger partial charge is 0.493 e. The lowest BCUT2D eigenvalue weighted by Crippen LogP contribution is -2.14. The molecule has 0 aliphatic rings. The molecule has 0 amide bonds. The maximum absolute atomic E-state index is 15.5. The minimum atomic E-state index is -1.10. The predicted octanol–water partition coefficient (Wildman–Crippen LogP) is 6.96. The first-order chi connectivity index (χ1) is 20.9. The van der Waals surface area contributed by atoms with Crippen molar-refractivity contribution in [3.8, 4) is 23.0 Å². The van der Waals surface area contributed by atoms with Crippen LogP contribution in [0.15, 0.2) is 24.3 Å². The number of methoxy groups -OCH3 is 2. The van der Waals surface area contributed by atoms with E-state index in [4.69, 9.17) is 24.1 Å². The van der Waals surface area contributed by atoms with Crippen LogP contribution >= 0.6 is 22.7 Å². The second kappa shape index (κ2) is 13.7. The summed E-state index contributed by atoms with van der Waals surface area (Å²) >= 11 is 2.11. The molecular weight excluding hydrogens is 618 g/mol. The van der Waals surface area contributed by atoms with Crippen LogP contribution in [0.2, 0.25) is 0 Å². The molecule has 0 saturated carbocycles. The van der Waals surface area contributed by atoms with Gasteiger partial charge in [0, 0.05) is 51.1 Å². The highest BCUT2D eigenvalue weighted by Gasteiger charge is 2.24. The van der Waals surface area contributed by atoms with Crippen LogP contribution in [0.3, 0.4) is 0 Å². The van der Waals surface area contributed by atoms with Crippen LogP contribution in [0.1, 0.15) is 53.0 Å². The molecule has 4 aromatic rings. The number of ketones is 3. The fourth-order valence-electron chi connectivity index (χ4n) is 4.32. The molecule has 9 nitrogen and oxygen atoms in total. The zero-order valence-corrected chi connectivity index (χ0v) is 26.2. The van der Waals surface area contributed by atoms with Gasteiger partial charge in [-0.25, -0.2) is 8.78 Å². The molecule has 2 atom stereocenters. The third-order valence-electron chi connectivity index (χ3n) is 7.03. The Morgan fingerprint density at radius 1 is 0.750 bits per heavy atom. The van der Waals surface area contributed by atoms with Crippen LogP contribution < -0.4 is 18.9 Å². The van der Waals surface area contributed by atoms with E-state index in [0.717, 1.165) is 22.7 Å². The summed E-state index contributed by atoms with van der Waals surface area (Å²) in [6.07, 6.45) is -0.212. The van der Waals surface area contributed by atoms with E-state index < -0.39 is 35.2 Å². The number of benzene rings is 2. The summed E-state index contributed by atoms with van der Waals surface area (Å²) in [5.74, 6) is -5.06. The van der Waals surface area contributed by atoms with Gasteiger partial charge in [-0.2, -0.15) is 0 Å². The van der Waals surface area contributed by atoms with Gasteiger partial charge < -0.3 is 24.1 Å². The average Bonchev–Trinajstić information content (AvgIpc) is 3.62. The number of carboxylic acid groups (broad SMARTS) is 1. The molecule has 0 fully saturated rings. The predicted molar refractivity (Wildman–Crippen MR) is 162 cm³/mol. The van der Waals surface area contributed by atoms with Crippen molar-refractivity contribution in [1.29, 1.82) is 0 Å². The Morgan fingerprint density at radius 2 is 1.16 bits per heavy atom. The average molecular weight is 649 g/mol. The molecule has 0 unspecified atom stereocenters. The first kappa shape index (κ1) is 32.8. The van der Waals surface area contributed by atoms with Gasteiger partial charge in [-0.15, -0.1) is 22.7 Å². The van der Waals surface area contributed by atoms with Crippen LogP contribution in [0.25, 0.3) is 20.2 Å². The normalized spacial score (nSPS) is 12.6. The van der Waals surface area contributed by atoms with Crippen molar-refractivity contribution < 1.29 is 52.0 Å². The summed E-state index contributed by atoms with van der Waals surface area (Å²) in [4.78, 5) is 48.4. The van der Waals surface area contributed by atoms with Crippen LogP contribution in [0.4, 0.5) is 8.78 Å². The molecule has 0 radical (unpaired) electrons. The molecule has 44 heavy (non-hydrogen) atoms. The van der Waals surface area contributed by atoms with Crippen molar-refractivity contribution >= 4 is 66.2 Å². The van der Waals surface area contributed by atoms with E-state index in [9.17, 15) is 19.2 Å². The summed E-state index contributed by atoms with van der Waals surface area (Å²) in [7, 11) is 2.67. The SMILES string of the molecule is COc1cc2sc(C(=O)C[C@H](C)C(C)=O)cc2c(F)c1OCCOc1c(OC)cc2sc(C(=O)C[C@H](C)C(=O)O)cc2c1F. The van der Waals surface area contributed by atoms with Gasteiger partial charge in [0.05, 0.1) is 29.9 Å². The number of aliphatic carboxylic acids is 1. The number of rotatable bonds is 15. The first-order valence-electron chi connectivity index (χ1n) is 13.5. The van der Waals surface area contributed by atoms with Gasteiger partial charge in [0.15, 0.2) is 46.2 Å². The Labute approximate surface area is 259 Å². The van der Waals surface area contributed by atoms with Gasteiger partial charge in [0.1, 0.15) is 19.0 Å². The van der Waals surface area contributed by atoms with Crippen LogP contribution in [0, 0.1) is 23.5 Å². The number of carbonyl (C=O) groups excluding carboxylic acids is 3. The number of ether oxygens (including phenoxy) is 4. The molecular formula is C31H30F2O9S2. The van der Waals surface area contributed by atoms with Gasteiger partial charge in [-0.3, -0.25) is 19.2 Å². The molecule has 0 saturated heterocycles. The molecule has 1 N–H and O–H groups in total. The third-order valence-corrected chi connectivity index (χ3v) is 9.28. The molecule has 0 bridgehead atoms. The smallest absolute Gasteiger partial charge is 0.306 e. The van der Waals surface area contributed by atoms with Crippen molar-refractivity contribution in [2.24, 2.45) is 11.8 Å². The standard InChI is InChI=1S/C31H30F2O9S2/c1-14(16(3)34)8-19(35)25-10-17-23(43-25)12-21(39-4)29(27(17)32)41-6-7-42-30-22(40-5)13-24-18(28(30)33)11-26(44-24)20(36)9-15(2)31(37)38/h10-15H,6-9H2,1-5H3,(H,37,38)/t14-,15-/m0/s1. The molecule has 2 aromatic carbocycles. The van der Waals surface area contributed by atoms with E-state index in [1.165, 1.54) is 46.3 Å². The van der Waals surface area contributed by atoms with E-state index in [1.807, 2.05) is 0 Å². The number of halogens is 2. The fourth-order valence-corrected chi connectivity index (χ4v) is 6.39. The Kier molecular flexibility index (Phi) is 10.2. The molecule has 4 rings (SSSR count). The van der Waals surface area contributed by atoms with Crippen molar-refractivity contribution in [2.75, 3.05) is 27.4 Å². The first-order valence-corrected chi connectivity index (χ1v) is 15.1. The minimum absolute atomic E-state index is 0.0142. The highest BCUT2D eigenvalue weighted by Crippen LogP contribution is 2.42. The van der Waals surface area contributed by atoms with Gasteiger partial charge in [0.25, 0.3) is 0 Å². The lowest BCUT2D eigenvalue weighted by molar-refractivity contribution is -0.141. The maximum atomic E-state index is 15.5. The number of carbonyl (C=O) groups is 4. The highest BCUT2D eigenvalue weighted by atomic mass is 32.1. The summed E-state index contributed by atoms with van der Waals surface area (Å²) in [5.41, 5.74) is 0. The molecule has 13 heteroatoms. The number of Topliss-reactive ketones (excluding diaryl/α,β-unsaturated/α-hetero) is 3. The van der Waals surface area contributed by atoms with Gasteiger partial charge in [0.2, 0.25) is 0 Å². The van der Waals surface area contributed by atoms with Crippen LogP contribution in [-0.2, 0) is 9.59 Å². The number of carboxylic acids is 1. The maximum Gasteiger partial charge on any atom is 0.306 e. The van der Waals surface area contributed by atoms with Crippen LogP contribution in [0.5, 0.6) is 23.0 Å². The van der Waals surface area contributed by atoms with Crippen molar-refractivity contribution in [3.63, 3.8) is 0 Å². The lowest BCUT2D eigenvalue weighted by atomic mass is 10.00. The number of fused-ring (bicyclic) bond motifs is 2. The molecule has 2 aromatic heterocycles. The van der Waals surface area contributed by atoms with Crippen molar-refractivity contribution in [3.05, 3.63) is 45.7 Å². The summed E-state index contributed by atoms with van der Waals surface area (Å²) in [5, 5.41) is 9.36. The molecule has 234 valence electrons. The van der Waals surface area contributed by atoms with Gasteiger partial charge >= 0.3 is 5.97 Å². The summed E-state index contributed by atoms with van der Waals surface area (Å²) < 4.78 is 53.8. The second-order valence-electron chi connectivity index (χ2n) is 10.2. The third kappa shape index (κ3) is 6.83. The fraction of sp³-hybridized carbons (Fsp3) is 0.355. The topological polar surface area (TPSA) is 125 Å². The lowest BCUT2D eigenvalue weighted by Gasteiger charge is -2.14. The number of thiophene rings is 2. The Balaban J connectivity index is 1.51. The molecule has 0 aliphatic carbocycles. The zero-order valence-electron chi connectivity index (χ0n) is 24.6. The summed E-state index contributed by atoms with van der Waals surface area (Å²) in [6, 6.07) is 5.84. The molecule has 2 heterocycles. The quantitative estimate of drug-likeness (QED) is 0.108. The molecule has 0 aliphatic heterocycles. The molecule has 0 spiro atoms. The van der Waals surface area contributed by atoms with Crippen LogP contribution in [-0.4, -0.2) is 55.9 Å². The number of hydrogen-bond acceptors (Lipinski definition) is 10. The van der Waals surface area contributed by atoms with E-state index in [2.05, 4.69) is 0 Å². The second-order valence-corrected chi connectivity index (χ2v) is 12.4. The monoisotopic (exact) mass is 648 g/mol. The van der Waals surface area contributed by atoms with E-state index in [-0.39, 0.29) is 76.3 Å². The Morgan fingerprint density at radius 3 is 1.52 bits per heavy atom. The minimum Gasteiger partial charge on any atom is -0.493 e.